The minimum absolute atomic E-state index is 0.114. The van der Waals surface area contributed by atoms with Crippen LogP contribution < -0.4 is 16.0 Å². The minimum atomic E-state index is -0.962. The normalized spacial score (nSPS) is 27.0. The standard InChI is InChI=1S/C22H28N4O7/c27-4-3-23-18-2-1-16(26(31)32)8-17(18)20(29)33-12-19(28)24-21(30)25-22-9-13-5-14(10-22)7-15(6-13)11-22/h1-2,8,13-15,23,27H,3-7,9-12H2,(H2,24,25,28,30). The fourth-order valence-electron chi connectivity index (χ4n) is 6.07. The van der Waals surface area contributed by atoms with E-state index < -0.39 is 29.4 Å². The van der Waals surface area contributed by atoms with E-state index in [4.69, 9.17) is 9.84 Å². The molecule has 0 aliphatic heterocycles. The number of carbonyl (C=O) groups excluding carboxylic acids is 3. The maximum absolute atomic E-state index is 12.5. The molecular weight excluding hydrogens is 432 g/mol. The van der Waals surface area contributed by atoms with Crippen molar-refractivity contribution >= 4 is 29.3 Å². The zero-order chi connectivity index (χ0) is 23.6. The predicted molar refractivity (Wildman–Crippen MR) is 117 cm³/mol. The van der Waals surface area contributed by atoms with Crippen LogP contribution in [0.3, 0.4) is 0 Å². The van der Waals surface area contributed by atoms with Crippen molar-refractivity contribution in [2.24, 2.45) is 17.8 Å². The number of nitro benzene ring substituents is 1. The van der Waals surface area contributed by atoms with Crippen LogP contribution in [-0.2, 0) is 9.53 Å². The summed E-state index contributed by atoms with van der Waals surface area (Å²) in [7, 11) is 0. The number of amides is 3. The summed E-state index contributed by atoms with van der Waals surface area (Å²) in [4.78, 5) is 47.5. The Labute approximate surface area is 190 Å². The van der Waals surface area contributed by atoms with Gasteiger partial charge in [-0.1, -0.05) is 0 Å². The van der Waals surface area contributed by atoms with E-state index in [0.717, 1.165) is 25.3 Å². The van der Waals surface area contributed by atoms with Crippen LogP contribution >= 0.6 is 0 Å². The number of hydrogen-bond acceptors (Lipinski definition) is 8. The van der Waals surface area contributed by atoms with Crippen molar-refractivity contribution in [2.75, 3.05) is 25.1 Å². The van der Waals surface area contributed by atoms with Crippen LogP contribution in [0.4, 0.5) is 16.2 Å². The highest BCUT2D eigenvalue weighted by atomic mass is 16.6. The lowest BCUT2D eigenvalue weighted by Gasteiger charge is -2.56. The van der Waals surface area contributed by atoms with E-state index >= 15 is 0 Å². The van der Waals surface area contributed by atoms with Gasteiger partial charge in [-0.2, -0.15) is 0 Å². The lowest BCUT2D eigenvalue weighted by atomic mass is 9.53. The van der Waals surface area contributed by atoms with Gasteiger partial charge in [0.15, 0.2) is 6.61 Å². The first-order valence-electron chi connectivity index (χ1n) is 11.2. The second-order valence-electron chi connectivity index (χ2n) is 9.41. The number of hydrogen-bond donors (Lipinski definition) is 4. The number of aliphatic hydroxyl groups is 1. The van der Waals surface area contributed by atoms with Crippen molar-refractivity contribution in [1.29, 1.82) is 0 Å². The molecular formula is C22H28N4O7. The molecule has 4 aliphatic carbocycles. The van der Waals surface area contributed by atoms with Crippen molar-refractivity contribution in [3.8, 4) is 0 Å². The van der Waals surface area contributed by atoms with Gasteiger partial charge in [-0.05, 0) is 62.3 Å². The fourth-order valence-corrected chi connectivity index (χ4v) is 6.07. The molecule has 4 saturated carbocycles. The molecule has 0 saturated heterocycles. The van der Waals surface area contributed by atoms with Crippen LogP contribution in [0, 0.1) is 27.9 Å². The monoisotopic (exact) mass is 460 g/mol. The maximum atomic E-state index is 12.5. The molecule has 4 aliphatic rings. The van der Waals surface area contributed by atoms with Gasteiger partial charge in [0.05, 0.1) is 17.1 Å². The summed E-state index contributed by atoms with van der Waals surface area (Å²) in [5.74, 6) is 0.155. The SMILES string of the molecule is O=C(COC(=O)c1cc([N+](=O)[O-])ccc1NCCO)NC(=O)NC12CC3CC(CC(C3)C1)C2. The van der Waals surface area contributed by atoms with Crippen LogP contribution in [0.1, 0.15) is 48.9 Å². The third kappa shape index (κ3) is 5.24. The van der Waals surface area contributed by atoms with E-state index in [-0.39, 0.29) is 35.6 Å². The van der Waals surface area contributed by atoms with Gasteiger partial charge in [0.25, 0.3) is 11.6 Å². The molecule has 0 radical (unpaired) electrons. The van der Waals surface area contributed by atoms with Crippen LogP contribution in [-0.4, -0.2) is 53.2 Å². The van der Waals surface area contributed by atoms with E-state index in [1.165, 1.54) is 31.4 Å². The van der Waals surface area contributed by atoms with Crippen LogP contribution in [0.25, 0.3) is 0 Å². The molecule has 0 spiro atoms. The maximum Gasteiger partial charge on any atom is 0.341 e. The van der Waals surface area contributed by atoms with E-state index in [1.807, 2.05) is 0 Å². The summed E-state index contributed by atoms with van der Waals surface area (Å²) in [5, 5.41) is 28.0. The summed E-state index contributed by atoms with van der Waals surface area (Å²) < 4.78 is 4.98. The van der Waals surface area contributed by atoms with Gasteiger partial charge in [-0.15, -0.1) is 0 Å². The number of rotatable bonds is 8. The number of anilines is 1. The molecule has 4 fully saturated rings. The minimum Gasteiger partial charge on any atom is -0.452 e. The molecule has 4 N–H and O–H groups in total. The second kappa shape index (κ2) is 9.34. The zero-order valence-corrected chi connectivity index (χ0v) is 18.2. The lowest BCUT2D eigenvalue weighted by Crippen LogP contribution is -2.62. The lowest BCUT2D eigenvalue weighted by molar-refractivity contribution is -0.384. The van der Waals surface area contributed by atoms with Crippen molar-refractivity contribution in [3.63, 3.8) is 0 Å². The molecule has 11 nitrogen and oxygen atoms in total. The number of imide groups is 1. The van der Waals surface area contributed by atoms with Crippen LogP contribution in [0.5, 0.6) is 0 Å². The van der Waals surface area contributed by atoms with Gasteiger partial charge < -0.3 is 20.5 Å². The molecule has 1 aromatic rings. The highest BCUT2D eigenvalue weighted by molar-refractivity contribution is 5.99. The molecule has 0 unspecified atom stereocenters. The molecule has 3 amide bonds. The summed E-state index contributed by atoms with van der Waals surface area (Å²) in [6.45, 7) is -0.814. The van der Waals surface area contributed by atoms with Crippen LogP contribution in [0.15, 0.2) is 18.2 Å². The van der Waals surface area contributed by atoms with Gasteiger partial charge in [0, 0.05) is 29.9 Å². The average molecular weight is 460 g/mol. The number of nitrogens with zero attached hydrogens (tertiary/aromatic N) is 1. The summed E-state index contributed by atoms with van der Waals surface area (Å²) in [6.07, 6.45) is 6.49. The Balaban J connectivity index is 1.31. The van der Waals surface area contributed by atoms with E-state index in [0.29, 0.717) is 17.8 Å². The van der Waals surface area contributed by atoms with Crippen molar-refractivity contribution in [1.82, 2.24) is 10.6 Å². The summed E-state index contributed by atoms with van der Waals surface area (Å²) >= 11 is 0. The molecule has 0 aromatic heterocycles. The number of nitrogens with one attached hydrogen (secondary N) is 3. The first-order chi connectivity index (χ1) is 15.8. The molecule has 11 heteroatoms. The number of nitro groups is 1. The van der Waals surface area contributed by atoms with Gasteiger partial charge in [-0.25, -0.2) is 9.59 Å². The Morgan fingerprint density at radius 1 is 1.12 bits per heavy atom. The second-order valence-corrected chi connectivity index (χ2v) is 9.41. The largest absolute Gasteiger partial charge is 0.452 e. The summed E-state index contributed by atoms with van der Waals surface area (Å²) in [6, 6.07) is 2.96. The Bertz CT molecular complexity index is 929. The van der Waals surface area contributed by atoms with Gasteiger partial charge >= 0.3 is 12.0 Å². The predicted octanol–water partition coefficient (Wildman–Crippen LogP) is 1.95. The zero-order valence-electron chi connectivity index (χ0n) is 18.2. The number of carbonyl (C=O) groups is 3. The van der Waals surface area contributed by atoms with Crippen molar-refractivity contribution in [2.45, 2.75) is 44.1 Å². The van der Waals surface area contributed by atoms with Gasteiger partial charge in [0.1, 0.15) is 0 Å². The number of ether oxygens (including phenoxy) is 1. The van der Waals surface area contributed by atoms with E-state index in [9.17, 15) is 24.5 Å². The highest BCUT2D eigenvalue weighted by Gasteiger charge is 2.51. The first kappa shape index (κ1) is 23.0. The third-order valence-corrected chi connectivity index (χ3v) is 6.87. The molecule has 0 heterocycles. The number of urea groups is 1. The van der Waals surface area contributed by atoms with Crippen molar-refractivity contribution in [3.05, 3.63) is 33.9 Å². The smallest absolute Gasteiger partial charge is 0.341 e. The molecule has 178 valence electrons. The summed E-state index contributed by atoms with van der Waals surface area (Å²) in [5.41, 5.74) is -0.509. The van der Waals surface area contributed by atoms with Gasteiger partial charge in [0.2, 0.25) is 0 Å². The fraction of sp³-hybridized carbons (Fsp3) is 0.591. The number of benzene rings is 1. The molecule has 33 heavy (non-hydrogen) atoms. The van der Waals surface area contributed by atoms with Gasteiger partial charge in [-0.3, -0.25) is 20.2 Å². The Morgan fingerprint density at radius 2 is 1.76 bits per heavy atom. The first-order valence-corrected chi connectivity index (χ1v) is 11.2. The quantitative estimate of drug-likeness (QED) is 0.260. The molecule has 4 bridgehead atoms. The molecule has 0 atom stereocenters. The van der Waals surface area contributed by atoms with E-state index in [1.54, 1.807) is 0 Å². The van der Waals surface area contributed by atoms with E-state index in [2.05, 4.69) is 16.0 Å². The Morgan fingerprint density at radius 3 is 2.33 bits per heavy atom. The number of non-ortho nitro benzene ring substituents is 1. The molecule has 5 rings (SSSR count). The Hall–Kier alpha value is -3.21. The Kier molecular flexibility index (Phi) is 6.50. The average Bonchev–Trinajstić information content (AvgIpc) is 2.74. The van der Waals surface area contributed by atoms with Crippen molar-refractivity contribution < 1.29 is 29.2 Å². The number of aliphatic hydroxyl groups excluding tert-OH is 1. The third-order valence-electron chi connectivity index (χ3n) is 6.87. The van der Waals surface area contributed by atoms with Crippen LogP contribution in [0.2, 0.25) is 0 Å². The number of esters is 1. The molecule has 1 aromatic carbocycles. The highest BCUT2D eigenvalue weighted by Crippen LogP contribution is 2.55. The topological polar surface area (TPSA) is 160 Å².